The molecular formula is C10H19ClO. The summed E-state index contributed by atoms with van der Waals surface area (Å²) >= 11 is 6.14. The zero-order valence-corrected chi connectivity index (χ0v) is 8.81. The van der Waals surface area contributed by atoms with Gasteiger partial charge < -0.3 is 4.74 Å². The van der Waals surface area contributed by atoms with Crippen LogP contribution in [0.4, 0.5) is 0 Å². The zero-order valence-electron chi connectivity index (χ0n) is 8.05. The van der Waals surface area contributed by atoms with E-state index in [2.05, 4.69) is 13.8 Å². The molecule has 1 aliphatic rings. The molecule has 0 radical (unpaired) electrons. The maximum atomic E-state index is 6.14. The van der Waals surface area contributed by atoms with Gasteiger partial charge >= 0.3 is 0 Å². The van der Waals surface area contributed by atoms with Crippen LogP contribution in [0.2, 0.25) is 0 Å². The molecule has 1 nitrogen and oxygen atoms in total. The Hall–Kier alpha value is 0.250. The normalized spacial score (nSPS) is 26.5. The molecule has 12 heavy (non-hydrogen) atoms. The largest absolute Gasteiger partial charge is 0.378 e. The first-order valence-electron chi connectivity index (χ1n) is 4.96. The van der Waals surface area contributed by atoms with Gasteiger partial charge in [-0.1, -0.05) is 13.8 Å². The highest BCUT2D eigenvalue weighted by atomic mass is 35.5. The molecule has 0 aliphatic carbocycles. The van der Waals surface area contributed by atoms with Gasteiger partial charge in [-0.15, -0.1) is 11.6 Å². The Labute approximate surface area is 80.4 Å². The molecule has 0 aromatic carbocycles. The summed E-state index contributed by atoms with van der Waals surface area (Å²) in [5.74, 6) is 0.591. The number of hydrogen-bond donors (Lipinski definition) is 0. The molecule has 0 aromatic heterocycles. The van der Waals surface area contributed by atoms with Crippen LogP contribution in [0.3, 0.4) is 0 Å². The second kappa shape index (κ2) is 5.08. The second-order valence-electron chi connectivity index (χ2n) is 3.97. The standard InChI is InChI=1S/C10H19ClO/c1-8(2)10(11)6-5-9-4-3-7-12-9/h8-10H,3-7H2,1-2H3. The lowest BCUT2D eigenvalue weighted by Gasteiger charge is -2.15. The van der Waals surface area contributed by atoms with E-state index in [1.54, 1.807) is 0 Å². The van der Waals surface area contributed by atoms with Gasteiger partial charge in [0.2, 0.25) is 0 Å². The molecule has 0 amide bonds. The van der Waals surface area contributed by atoms with E-state index in [1.807, 2.05) is 0 Å². The van der Waals surface area contributed by atoms with Gasteiger partial charge in [-0.2, -0.15) is 0 Å². The molecule has 1 aliphatic heterocycles. The van der Waals surface area contributed by atoms with Crippen LogP contribution >= 0.6 is 11.6 Å². The third kappa shape index (κ3) is 3.32. The van der Waals surface area contributed by atoms with Gasteiger partial charge in [0.1, 0.15) is 0 Å². The molecule has 2 atom stereocenters. The highest BCUT2D eigenvalue weighted by Gasteiger charge is 2.17. The second-order valence-corrected chi connectivity index (χ2v) is 4.53. The smallest absolute Gasteiger partial charge is 0.0576 e. The fourth-order valence-electron chi connectivity index (χ4n) is 1.55. The van der Waals surface area contributed by atoms with E-state index in [1.165, 1.54) is 12.8 Å². The Morgan fingerprint density at radius 1 is 1.50 bits per heavy atom. The minimum absolute atomic E-state index is 0.328. The average molecular weight is 191 g/mol. The lowest BCUT2D eigenvalue weighted by Crippen LogP contribution is -2.12. The van der Waals surface area contributed by atoms with E-state index >= 15 is 0 Å². The first kappa shape index (κ1) is 10.3. The Morgan fingerprint density at radius 2 is 2.25 bits per heavy atom. The van der Waals surface area contributed by atoms with Gasteiger partial charge in [-0.05, 0) is 31.6 Å². The van der Waals surface area contributed by atoms with Crippen molar-refractivity contribution < 1.29 is 4.74 Å². The average Bonchev–Trinajstić information content (AvgIpc) is 2.51. The molecular weight excluding hydrogens is 172 g/mol. The zero-order chi connectivity index (χ0) is 8.97. The molecule has 1 fully saturated rings. The monoisotopic (exact) mass is 190 g/mol. The van der Waals surface area contributed by atoms with E-state index in [0.29, 0.717) is 17.4 Å². The van der Waals surface area contributed by atoms with Gasteiger partial charge in [-0.25, -0.2) is 0 Å². The molecule has 0 aromatic rings. The number of rotatable bonds is 4. The number of ether oxygens (including phenoxy) is 1. The van der Waals surface area contributed by atoms with Gasteiger partial charge in [0.05, 0.1) is 6.10 Å². The minimum atomic E-state index is 0.328. The summed E-state index contributed by atoms with van der Waals surface area (Å²) in [6, 6.07) is 0. The van der Waals surface area contributed by atoms with Gasteiger partial charge in [0.25, 0.3) is 0 Å². The maximum Gasteiger partial charge on any atom is 0.0576 e. The predicted octanol–water partition coefficient (Wildman–Crippen LogP) is 3.21. The molecule has 72 valence electrons. The molecule has 1 heterocycles. The molecule has 0 N–H and O–H groups in total. The summed E-state index contributed by atoms with van der Waals surface area (Å²) in [7, 11) is 0. The Bertz CT molecular complexity index is 117. The molecule has 1 saturated heterocycles. The third-order valence-electron chi connectivity index (χ3n) is 2.51. The van der Waals surface area contributed by atoms with E-state index in [9.17, 15) is 0 Å². The third-order valence-corrected chi connectivity index (χ3v) is 3.23. The summed E-state index contributed by atoms with van der Waals surface area (Å²) in [5.41, 5.74) is 0. The van der Waals surface area contributed by atoms with Crippen LogP contribution in [-0.2, 0) is 4.74 Å². The number of halogens is 1. The van der Waals surface area contributed by atoms with Crippen LogP contribution in [0.5, 0.6) is 0 Å². The van der Waals surface area contributed by atoms with Crippen LogP contribution in [0.15, 0.2) is 0 Å². The molecule has 0 bridgehead atoms. The molecule has 2 heteroatoms. The van der Waals surface area contributed by atoms with Crippen LogP contribution in [0.1, 0.15) is 39.5 Å². The van der Waals surface area contributed by atoms with E-state index in [-0.39, 0.29) is 0 Å². The van der Waals surface area contributed by atoms with Crippen molar-refractivity contribution in [3.63, 3.8) is 0 Å². The summed E-state index contributed by atoms with van der Waals surface area (Å²) in [6.45, 7) is 5.31. The van der Waals surface area contributed by atoms with Crippen LogP contribution in [0, 0.1) is 5.92 Å². The van der Waals surface area contributed by atoms with Crippen LogP contribution in [0.25, 0.3) is 0 Å². The minimum Gasteiger partial charge on any atom is -0.378 e. The molecule has 0 saturated carbocycles. The van der Waals surface area contributed by atoms with E-state index in [0.717, 1.165) is 19.4 Å². The van der Waals surface area contributed by atoms with Crippen molar-refractivity contribution >= 4 is 11.6 Å². The summed E-state index contributed by atoms with van der Waals surface area (Å²) in [6.07, 6.45) is 5.22. The van der Waals surface area contributed by atoms with Crippen LogP contribution in [-0.4, -0.2) is 18.1 Å². The Kier molecular flexibility index (Phi) is 4.38. The maximum absolute atomic E-state index is 6.14. The van der Waals surface area contributed by atoms with Gasteiger partial charge in [-0.3, -0.25) is 0 Å². The van der Waals surface area contributed by atoms with Crippen molar-refractivity contribution in [1.29, 1.82) is 0 Å². The quantitative estimate of drug-likeness (QED) is 0.619. The van der Waals surface area contributed by atoms with Crippen molar-refractivity contribution in [3.05, 3.63) is 0 Å². The van der Waals surface area contributed by atoms with E-state index in [4.69, 9.17) is 16.3 Å². The number of alkyl halides is 1. The topological polar surface area (TPSA) is 9.23 Å². The SMILES string of the molecule is CC(C)C(Cl)CCC1CCCO1. The number of hydrogen-bond acceptors (Lipinski definition) is 1. The first-order valence-corrected chi connectivity index (χ1v) is 5.39. The molecule has 0 spiro atoms. The van der Waals surface area contributed by atoms with Crippen molar-refractivity contribution in [2.24, 2.45) is 5.92 Å². The van der Waals surface area contributed by atoms with Gasteiger partial charge in [0.15, 0.2) is 0 Å². The highest BCUT2D eigenvalue weighted by molar-refractivity contribution is 6.20. The fourth-order valence-corrected chi connectivity index (χ4v) is 1.68. The van der Waals surface area contributed by atoms with Crippen molar-refractivity contribution in [3.8, 4) is 0 Å². The molecule has 1 rings (SSSR count). The van der Waals surface area contributed by atoms with E-state index < -0.39 is 0 Å². The summed E-state index contributed by atoms with van der Waals surface area (Å²) in [5, 5.41) is 0.328. The highest BCUT2D eigenvalue weighted by Crippen LogP contribution is 2.22. The van der Waals surface area contributed by atoms with Gasteiger partial charge in [0, 0.05) is 12.0 Å². The Balaban J connectivity index is 2.07. The fraction of sp³-hybridized carbons (Fsp3) is 1.00. The molecule has 2 unspecified atom stereocenters. The lowest BCUT2D eigenvalue weighted by atomic mass is 10.0. The predicted molar refractivity (Wildman–Crippen MR) is 52.7 cm³/mol. The van der Waals surface area contributed by atoms with Crippen LogP contribution < -0.4 is 0 Å². The van der Waals surface area contributed by atoms with Crippen molar-refractivity contribution in [2.75, 3.05) is 6.61 Å². The van der Waals surface area contributed by atoms with Crippen molar-refractivity contribution in [1.82, 2.24) is 0 Å². The summed E-state index contributed by atoms with van der Waals surface area (Å²) < 4.78 is 5.52. The first-order chi connectivity index (χ1) is 5.70. The summed E-state index contributed by atoms with van der Waals surface area (Å²) in [4.78, 5) is 0. The van der Waals surface area contributed by atoms with Crippen molar-refractivity contribution in [2.45, 2.75) is 51.0 Å². The Morgan fingerprint density at radius 3 is 2.75 bits per heavy atom. The lowest BCUT2D eigenvalue weighted by molar-refractivity contribution is 0.101.